The number of aldehydes is 1. The van der Waals surface area contributed by atoms with Crippen molar-refractivity contribution in [2.75, 3.05) is 7.11 Å². The van der Waals surface area contributed by atoms with Gasteiger partial charge in [-0.15, -0.1) is 0 Å². The van der Waals surface area contributed by atoms with Gasteiger partial charge in [-0.2, -0.15) is 0 Å². The minimum atomic E-state index is 0.228. The quantitative estimate of drug-likeness (QED) is 0.448. The molecule has 0 aromatic rings. The first kappa shape index (κ1) is 10.4. The van der Waals surface area contributed by atoms with E-state index in [9.17, 15) is 4.79 Å². The van der Waals surface area contributed by atoms with E-state index in [0.29, 0.717) is 5.92 Å². The zero-order valence-corrected chi connectivity index (χ0v) is 7.41. The first-order chi connectivity index (χ1) is 5.26. The molecule has 0 radical (unpaired) electrons. The Morgan fingerprint density at radius 3 is 2.55 bits per heavy atom. The fraction of sp³-hybridized carbons (Fsp3) is 0.667. The van der Waals surface area contributed by atoms with Crippen LogP contribution in [0.1, 0.15) is 20.3 Å². The average Bonchev–Trinajstić information content (AvgIpc) is 2.03. The molecule has 11 heavy (non-hydrogen) atoms. The number of carbonyl (C=O) groups excluding carboxylic acids is 1. The highest BCUT2D eigenvalue weighted by Crippen LogP contribution is 2.10. The maximum atomic E-state index is 9.98. The normalized spacial score (nSPS) is 16.6. The smallest absolute Gasteiger partial charge is 0.142 e. The summed E-state index contributed by atoms with van der Waals surface area (Å²) in [7, 11) is 1.69. The molecule has 2 unspecified atom stereocenters. The van der Waals surface area contributed by atoms with Crippen LogP contribution in [0.3, 0.4) is 0 Å². The number of rotatable bonds is 5. The van der Waals surface area contributed by atoms with Gasteiger partial charge in [0.2, 0.25) is 0 Å². The molecule has 0 spiro atoms. The monoisotopic (exact) mass is 156 g/mol. The number of methoxy groups -OCH3 is 1. The highest BCUT2D eigenvalue weighted by molar-refractivity contribution is 5.64. The average molecular weight is 156 g/mol. The Kier molecular flexibility index (Phi) is 5.75. The summed E-state index contributed by atoms with van der Waals surface area (Å²) in [4.78, 5) is 9.98. The van der Waals surface area contributed by atoms with Gasteiger partial charge >= 0.3 is 0 Å². The lowest BCUT2D eigenvalue weighted by Gasteiger charge is -2.17. The first-order valence-electron chi connectivity index (χ1n) is 3.91. The summed E-state index contributed by atoms with van der Waals surface area (Å²) in [5, 5.41) is 0. The van der Waals surface area contributed by atoms with Crippen molar-refractivity contribution in [3.63, 3.8) is 0 Å². The van der Waals surface area contributed by atoms with Crippen molar-refractivity contribution in [3.8, 4) is 0 Å². The lowest BCUT2D eigenvalue weighted by molar-refractivity contribution is -0.104. The lowest BCUT2D eigenvalue weighted by atomic mass is 10.0. The largest absolute Gasteiger partial charge is 0.381 e. The summed E-state index contributed by atoms with van der Waals surface area (Å²) in [6, 6.07) is 0. The maximum absolute atomic E-state index is 9.98. The van der Waals surface area contributed by atoms with Crippen LogP contribution in [0.2, 0.25) is 0 Å². The van der Waals surface area contributed by atoms with E-state index in [0.717, 1.165) is 12.7 Å². The number of hydrogen-bond donors (Lipinski definition) is 0. The summed E-state index contributed by atoms with van der Waals surface area (Å²) in [6.45, 7) is 4.11. The van der Waals surface area contributed by atoms with Crippen molar-refractivity contribution in [2.24, 2.45) is 5.92 Å². The predicted octanol–water partition coefficient (Wildman–Crippen LogP) is 1.80. The number of carbonyl (C=O) groups is 1. The summed E-state index contributed by atoms with van der Waals surface area (Å²) in [6.07, 6.45) is 5.38. The van der Waals surface area contributed by atoms with E-state index in [1.54, 1.807) is 7.11 Å². The third kappa shape index (κ3) is 3.94. The van der Waals surface area contributed by atoms with E-state index < -0.39 is 0 Å². The molecule has 0 fully saturated rings. The van der Waals surface area contributed by atoms with Gasteiger partial charge in [0.1, 0.15) is 6.29 Å². The summed E-state index contributed by atoms with van der Waals surface area (Å²) in [5.74, 6) is 0.315. The van der Waals surface area contributed by atoms with Gasteiger partial charge in [-0.05, 0) is 12.5 Å². The molecule has 0 rings (SSSR count). The highest BCUT2D eigenvalue weighted by Gasteiger charge is 2.10. The molecule has 0 saturated heterocycles. The molecule has 0 aromatic heterocycles. The number of hydrogen-bond acceptors (Lipinski definition) is 2. The van der Waals surface area contributed by atoms with Crippen molar-refractivity contribution in [1.29, 1.82) is 0 Å². The second-order valence-electron chi connectivity index (χ2n) is 2.56. The Balaban J connectivity index is 3.86. The molecular formula is C9H16O2. The molecule has 0 heterocycles. The molecule has 64 valence electrons. The standard InChI is InChI=1S/C9H16O2/c1-4-9(11-3)8(2)6-5-7-10/h5-9H,4H2,1-3H3/b6-5+. The molecule has 2 atom stereocenters. The van der Waals surface area contributed by atoms with Crippen LogP contribution in [-0.4, -0.2) is 19.5 Å². The van der Waals surface area contributed by atoms with Crippen LogP contribution in [0.15, 0.2) is 12.2 Å². The summed E-state index contributed by atoms with van der Waals surface area (Å²) in [5.41, 5.74) is 0. The lowest BCUT2D eigenvalue weighted by Crippen LogP contribution is -2.17. The Bertz CT molecular complexity index is 126. The topological polar surface area (TPSA) is 26.3 Å². The van der Waals surface area contributed by atoms with Gasteiger partial charge in [-0.1, -0.05) is 19.9 Å². The molecular weight excluding hydrogens is 140 g/mol. The van der Waals surface area contributed by atoms with Crippen molar-refractivity contribution in [3.05, 3.63) is 12.2 Å². The molecule has 0 aromatic carbocycles. The molecule has 0 amide bonds. The Morgan fingerprint density at radius 1 is 1.55 bits per heavy atom. The van der Waals surface area contributed by atoms with Gasteiger partial charge < -0.3 is 4.74 Å². The van der Waals surface area contributed by atoms with Crippen molar-refractivity contribution in [1.82, 2.24) is 0 Å². The van der Waals surface area contributed by atoms with Crippen LogP contribution in [0, 0.1) is 5.92 Å². The van der Waals surface area contributed by atoms with Gasteiger partial charge in [-0.3, -0.25) is 4.79 Å². The second kappa shape index (κ2) is 6.10. The van der Waals surface area contributed by atoms with Crippen LogP contribution < -0.4 is 0 Å². The fourth-order valence-electron chi connectivity index (χ4n) is 1.10. The Hall–Kier alpha value is -0.630. The number of allylic oxidation sites excluding steroid dienone is 1. The van der Waals surface area contributed by atoms with Crippen LogP contribution in [0.4, 0.5) is 0 Å². The van der Waals surface area contributed by atoms with Crippen molar-refractivity contribution >= 4 is 6.29 Å². The van der Waals surface area contributed by atoms with Crippen LogP contribution in [0.5, 0.6) is 0 Å². The van der Waals surface area contributed by atoms with Gasteiger partial charge in [-0.25, -0.2) is 0 Å². The van der Waals surface area contributed by atoms with Crippen LogP contribution in [-0.2, 0) is 9.53 Å². The highest BCUT2D eigenvalue weighted by atomic mass is 16.5. The minimum Gasteiger partial charge on any atom is -0.381 e. The molecule has 0 aliphatic rings. The molecule has 0 aliphatic heterocycles. The van der Waals surface area contributed by atoms with Gasteiger partial charge in [0.15, 0.2) is 0 Å². The summed E-state index contributed by atoms with van der Waals surface area (Å²) < 4.78 is 5.19. The Morgan fingerprint density at radius 2 is 2.18 bits per heavy atom. The molecule has 0 saturated carbocycles. The molecule has 0 aliphatic carbocycles. The maximum Gasteiger partial charge on any atom is 0.142 e. The van der Waals surface area contributed by atoms with Crippen LogP contribution >= 0.6 is 0 Å². The minimum absolute atomic E-state index is 0.228. The first-order valence-corrected chi connectivity index (χ1v) is 3.91. The number of ether oxygens (including phenoxy) is 1. The van der Waals surface area contributed by atoms with Gasteiger partial charge in [0, 0.05) is 13.0 Å². The van der Waals surface area contributed by atoms with E-state index in [4.69, 9.17) is 4.74 Å². The Labute approximate surface area is 68.2 Å². The molecule has 2 heteroatoms. The van der Waals surface area contributed by atoms with E-state index in [2.05, 4.69) is 6.92 Å². The zero-order valence-electron chi connectivity index (χ0n) is 7.41. The van der Waals surface area contributed by atoms with Crippen molar-refractivity contribution < 1.29 is 9.53 Å². The van der Waals surface area contributed by atoms with Gasteiger partial charge in [0.25, 0.3) is 0 Å². The van der Waals surface area contributed by atoms with E-state index in [1.807, 2.05) is 13.0 Å². The molecule has 2 nitrogen and oxygen atoms in total. The van der Waals surface area contributed by atoms with E-state index in [-0.39, 0.29) is 6.10 Å². The predicted molar refractivity (Wildman–Crippen MR) is 45.5 cm³/mol. The van der Waals surface area contributed by atoms with Crippen LogP contribution in [0.25, 0.3) is 0 Å². The second-order valence-corrected chi connectivity index (χ2v) is 2.56. The third-order valence-electron chi connectivity index (χ3n) is 1.78. The fourth-order valence-corrected chi connectivity index (χ4v) is 1.10. The molecule has 0 N–H and O–H groups in total. The SMILES string of the molecule is CCC(OC)C(C)/C=C/C=O. The van der Waals surface area contributed by atoms with Crippen molar-refractivity contribution in [2.45, 2.75) is 26.4 Å². The van der Waals surface area contributed by atoms with E-state index in [1.165, 1.54) is 6.08 Å². The van der Waals surface area contributed by atoms with Gasteiger partial charge in [0.05, 0.1) is 6.10 Å². The van der Waals surface area contributed by atoms with E-state index >= 15 is 0 Å². The summed E-state index contributed by atoms with van der Waals surface area (Å²) >= 11 is 0. The third-order valence-corrected chi connectivity index (χ3v) is 1.78. The zero-order chi connectivity index (χ0) is 8.69. The molecule has 0 bridgehead atoms.